The molecule has 1 aromatic heterocycles. The third-order valence-electron chi connectivity index (χ3n) is 3.97. The molecule has 0 bridgehead atoms. The van der Waals surface area contributed by atoms with E-state index in [9.17, 15) is 4.79 Å². The van der Waals surface area contributed by atoms with Gasteiger partial charge in [0.05, 0.1) is 12.4 Å². The van der Waals surface area contributed by atoms with Crippen molar-refractivity contribution < 1.29 is 9.90 Å². The Kier molecular flexibility index (Phi) is 5.66. The average Bonchev–Trinajstić information content (AvgIpc) is 2.62. The van der Waals surface area contributed by atoms with Crippen molar-refractivity contribution in [1.29, 1.82) is 0 Å². The fraction of sp³-hybridized carbons (Fsp3) is 0.353. The van der Waals surface area contributed by atoms with E-state index in [2.05, 4.69) is 44.5 Å². The maximum Gasteiger partial charge on any atom is 0.356 e. The van der Waals surface area contributed by atoms with Gasteiger partial charge in [-0.05, 0) is 5.56 Å². The van der Waals surface area contributed by atoms with Crippen molar-refractivity contribution in [3.05, 3.63) is 54.0 Å². The number of thioether (sulfide) groups is 1. The van der Waals surface area contributed by atoms with E-state index in [0.717, 1.165) is 31.1 Å². The molecule has 0 spiro atoms. The van der Waals surface area contributed by atoms with E-state index in [1.807, 2.05) is 17.8 Å². The number of hydrogen-bond acceptors (Lipinski definition) is 6. The number of benzene rings is 1. The van der Waals surface area contributed by atoms with Crippen LogP contribution < -0.4 is 5.32 Å². The molecule has 0 aliphatic carbocycles. The molecule has 1 atom stereocenters. The smallest absolute Gasteiger partial charge is 0.356 e. The number of rotatable bonds is 6. The van der Waals surface area contributed by atoms with Crippen LogP contribution in [0.3, 0.4) is 0 Å². The van der Waals surface area contributed by atoms with Crippen LogP contribution in [-0.4, -0.2) is 56.6 Å². The summed E-state index contributed by atoms with van der Waals surface area (Å²) in [6.45, 7) is 2.77. The van der Waals surface area contributed by atoms with Gasteiger partial charge in [-0.1, -0.05) is 30.3 Å². The van der Waals surface area contributed by atoms with Gasteiger partial charge in [0.25, 0.3) is 0 Å². The van der Waals surface area contributed by atoms with Crippen LogP contribution in [0.25, 0.3) is 0 Å². The molecule has 2 N–H and O–H groups in total. The molecule has 6 nitrogen and oxygen atoms in total. The monoisotopic (exact) mass is 344 g/mol. The van der Waals surface area contributed by atoms with Gasteiger partial charge in [0.1, 0.15) is 5.82 Å². The van der Waals surface area contributed by atoms with E-state index in [0.29, 0.717) is 11.9 Å². The normalized spacial score (nSPS) is 18.2. The van der Waals surface area contributed by atoms with Gasteiger partial charge >= 0.3 is 5.97 Å². The van der Waals surface area contributed by atoms with Crippen molar-refractivity contribution in [2.24, 2.45) is 0 Å². The van der Waals surface area contributed by atoms with E-state index in [1.165, 1.54) is 18.0 Å². The Morgan fingerprint density at radius 1 is 1.29 bits per heavy atom. The van der Waals surface area contributed by atoms with Gasteiger partial charge in [-0.3, -0.25) is 4.90 Å². The van der Waals surface area contributed by atoms with Gasteiger partial charge in [0.15, 0.2) is 5.69 Å². The van der Waals surface area contributed by atoms with E-state index in [-0.39, 0.29) is 5.69 Å². The molecule has 1 saturated heterocycles. The van der Waals surface area contributed by atoms with Crippen molar-refractivity contribution in [1.82, 2.24) is 14.9 Å². The highest BCUT2D eigenvalue weighted by atomic mass is 32.2. The minimum Gasteiger partial charge on any atom is -0.476 e. The summed E-state index contributed by atoms with van der Waals surface area (Å²) in [6.07, 6.45) is 2.75. The molecule has 2 heterocycles. The highest BCUT2D eigenvalue weighted by Gasteiger charge is 2.22. The van der Waals surface area contributed by atoms with Crippen LogP contribution in [-0.2, 0) is 6.54 Å². The molecule has 24 heavy (non-hydrogen) atoms. The fourth-order valence-corrected chi connectivity index (χ4v) is 3.79. The number of nitrogens with one attached hydrogen (secondary N) is 1. The van der Waals surface area contributed by atoms with Crippen LogP contribution in [0.2, 0.25) is 0 Å². The largest absolute Gasteiger partial charge is 0.476 e. The molecule has 3 rings (SSSR count). The summed E-state index contributed by atoms with van der Waals surface area (Å²) in [5, 5.41) is 12.1. The van der Waals surface area contributed by atoms with E-state index >= 15 is 0 Å². The molecule has 0 saturated carbocycles. The first kappa shape index (κ1) is 16.7. The highest BCUT2D eigenvalue weighted by Crippen LogP contribution is 2.19. The Hall–Kier alpha value is -2.12. The highest BCUT2D eigenvalue weighted by molar-refractivity contribution is 7.99. The topological polar surface area (TPSA) is 78.3 Å². The SMILES string of the molecule is O=C(O)c1cnc(NCC2CSCCN2Cc2ccccc2)cn1. The lowest BCUT2D eigenvalue weighted by Gasteiger charge is -2.35. The Morgan fingerprint density at radius 2 is 2.12 bits per heavy atom. The Labute approximate surface area is 145 Å². The molecular weight excluding hydrogens is 324 g/mol. The summed E-state index contributed by atoms with van der Waals surface area (Å²) in [6, 6.07) is 10.9. The zero-order valence-corrected chi connectivity index (χ0v) is 14.1. The molecule has 1 aliphatic rings. The van der Waals surface area contributed by atoms with Crippen molar-refractivity contribution in [3.8, 4) is 0 Å². The first-order chi connectivity index (χ1) is 11.7. The van der Waals surface area contributed by atoms with Crippen molar-refractivity contribution in [2.75, 3.05) is 29.9 Å². The van der Waals surface area contributed by atoms with Crippen LogP contribution in [0, 0.1) is 0 Å². The number of anilines is 1. The van der Waals surface area contributed by atoms with E-state index in [1.54, 1.807) is 0 Å². The summed E-state index contributed by atoms with van der Waals surface area (Å²) in [5.74, 6) is 1.76. The first-order valence-electron chi connectivity index (χ1n) is 7.87. The summed E-state index contributed by atoms with van der Waals surface area (Å²) >= 11 is 1.96. The zero-order valence-electron chi connectivity index (χ0n) is 13.3. The molecule has 1 aliphatic heterocycles. The summed E-state index contributed by atoms with van der Waals surface area (Å²) in [4.78, 5) is 21.3. The first-order valence-corrected chi connectivity index (χ1v) is 9.03. The van der Waals surface area contributed by atoms with Gasteiger partial charge in [-0.2, -0.15) is 11.8 Å². The van der Waals surface area contributed by atoms with Gasteiger partial charge in [-0.15, -0.1) is 0 Å². The second kappa shape index (κ2) is 8.12. The zero-order chi connectivity index (χ0) is 16.8. The minimum absolute atomic E-state index is 0.0422. The maximum absolute atomic E-state index is 10.8. The number of carboxylic acid groups (broad SMARTS) is 1. The van der Waals surface area contributed by atoms with Crippen LogP contribution in [0.4, 0.5) is 5.82 Å². The molecule has 0 amide bonds. The van der Waals surface area contributed by atoms with Crippen molar-refractivity contribution >= 4 is 23.5 Å². The quantitative estimate of drug-likeness (QED) is 0.832. The third kappa shape index (κ3) is 4.46. The van der Waals surface area contributed by atoms with Gasteiger partial charge in [-0.25, -0.2) is 14.8 Å². The van der Waals surface area contributed by atoms with E-state index < -0.39 is 5.97 Å². The summed E-state index contributed by atoms with van der Waals surface area (Å²) in [5.41, 5.74) is 1.28. The van der Waals surface area contributed by atoms with Crippen LogP contribution >= 0.6 is 11.8 Å². The van der Waals surface area contributed by atoms with Gasteiger partial charge in [0, 0.05) is 37.2 Å². The van der Waals surface area contributed by atoms with Crippen LogP contribution in [0.5, 0.6) is 0 Å². The van der Waals surface area contributed by atoms with Crippen molar-refractivity contribution in [2.45, 2.75) is 12.6 Å². The lowest BCUT2D eigenvalue weighted by molar-refractivity contribution is 0.0690. The molecule has 2 aromatic rings. The molecule has 1 aromatic carbocycles. The molecule has 1 unspecified atom stereocenters. The Morgan fingerprint density at radius 3 is 2.83 bits per heavy atom. The minimum atomic E-state index is -1.06. The number of carboxylic acids is 1. The van der Waals surface area contributed by atoms with Gasteiger partial charge in [0.2, 0.25) is 0 Å². The number of aromatic carboxylic acids is 1. The summed E-state index contributed by atoms with van der Waals surface area (Å²) in [7, 11) is 0. The second-order valence-electron chi connectivity index (χ2n) is 5.66. The van der Waals surface area contributed by atoms with Crippen molar-refractivity contribution in [3.63, 3.8) is 0 Å². The predicted octanol–water partition coefficient (Wildman–Crippen LogP) is 2.20. The number of hydrogen-bond donors (Lipinski definition) is 2. The number of nitrogens with zero attached hydrogens (tertiary/aromatic N) is 3. The Balaban J connectivity index is 1.58. The molecular formula is C17H20N4O2S. The Bertz CT molecular complexity index is 666. The molecule has 126 valence electrons. The fourth-order valence-electron chi connectivity index (χ4n) is 2.66. The standard InChI is InChI=1S/C17H20N4O2S/c22-17(23)15-9-20-16(10-18-15)19-8-14-12-24-7-6-21(14)11-13-4-2-1-3-5-13/h1-5,9-10,14H,6-8,11-12H2,(H,19,20)(H,22,23). The number of aromatic nitrogens is 2. The third-order valence-corrected chi connectivity index (χ3v) is 5.06. The second-order valence-corrected chi connectivity index (χ2v) is 6.81. The van der Waals surface area contributed by atoms with E-state index in [4.69, 9.17) is 5.11 Å². The summed E-state index contributed by atoms with van der Waals surface area (Å²) < 4.78 is 0. The number of carbonyl (C=O) groups is 1. The molecule has 0 radical (unpaired) electrons. The lowest BCUT2D eigenvalue weighted by Crippen LogP contribution is -2.45. The lowest BCUT2D eigenvalue weighted by atomic mass is 10.1. The molecule has 7 heteroatoms. The van der Waals surface area contributed by atoms with Gasteiger partial charge < -0.3 is 10.4 Å². The van der Waals surface area contributed by atoms with Crippen LogP contribution in [0.1, 0.15) is 16.1 Å². The average molecular weight is 344 g/mol. The molecule has 1 fully saturated rings. The predicted molar refractivity (Wildman–Crippen MR) is 95.4 cm³/mol. The van der Waals surface area contributed by atoms with Crippen LogP contribution in [0.15, 0.2) is 42.7 Å². The maximum atomic E-state index is 10.8.